The Kier molecular flexibility index (Phi) is 4.88. The highest BCUT2D eigenvalue weighted by Gasteiger charge is 2.31. The van der Waals surface area contributed by atoms with Crippen molar-refractivity contribution in [2.45, 2.75) is 47.0 Å². The number of carbonyl (C=O) groups excluding carboxylic acids is 1. The number of nitrogens with one attached hydrogen (secondary N) is 1. The number of aryl methyl sites for hydroxylation is 1. The maximum atomic E-state index is 12.6. The van der Waals surface area contributed by atoms with Gasteiger partial charge in [0.2, 0.25) is 5.91 Å². The molecule has 1 atom stereocenters. The molecule has 0 aliphatic carbocycles. The Balaban J connectivity index is 1.77. The molecule has 0 aromatic carbocycles. The normalized spacial score (nSPS) is 18.4. The van der Waals surface area contributed by atoms with Crippen molar-refractivity contribution in [2.24, 2.45) is 11.3 Å². The number of aromatic amines is 1. The SMILES string of the molecule is Cc1[nH]ncc1-c1nccnc1C[C@@H]1CCCN(C(=O)C(C)(C)C)C1. The van der Waals surface area contributed by atoms with Crippen LogP contribution in [-0.2, 0) is 11.2 Å². The van der Waals surface area contributed by atoms with Crippen LogP contribution in [0.5, 0.6) is 0 Å². The summed E-state index contributed by atoms with van der Waals surface area (Å²) in [6, 6.07) is 0. The molecule has 1 N–H and O–H groups in total. The van der Waals surface area contributed by atoms with Gasteiger partial charge in [0, 0.05) is 42.2 Å². The zero-order valence-corrected chi connectivity index (χ0v) is 15.5. The van der Waals surface area contributed by atoms with E-state index in [0.29, 0.717) is 5.92 Å². The molecule has 6 heteroatoms. The summed E-state index contributed by atoms with van der Waals surface area (Å²) >= 11 is 0. The average molecular weight is 341 g/mol. The summed E-state index contributed by atoms with van der Waals surface area (Å²) in [5.74, 6) is 0.657. The maximum Gasteiger partial charge on any atom is 0.227 e. The van der Waals surface area contributed by atoms with Gasteiger partial charge in [0.25, 0.3) is 0 Å². The molecule has 1 saturated heterocycles. The number of nitrogens with zero attached hydrogens (tertiary/aromatic N) is 4. The zero-order valence-electron chi connectivity index (χ0n) is 15.5. The number of hydrogen-bond donors (Lipinski definition) is 1. The number of piperidine rings is 1. The Hall–Kier alpha value is -2.24. The van der Waals surface area contributed by atoms with E-state index in [1.165, 1.54) is 0 Å². The van der Waals surface area contributed by atoms with Gasteiger partial charge >= 0.3 is 0 Å². The number of rotatable bonds is 3. The van der Waals surface area contributed by atoms with E-state index in [2.05, 4.69) is 20.2 Å². The van der Waals surface area contributed by atoms with Gasteiger partial charge in [-0.3, -0.25) is 19.9 Å². The van der Waals surface area contributed by atoms with Crippen molar-refractivity contribution in [3.05, 3.63) is 30.0 Å². The third kappa shape index (κ3) is 3.89. The van der Waals surface area contributed by atoms with E-state index >= 15 is 0 Å². The van der Waals surface area contributed by atoms with Crippen molar-refractivity contribution >= 4 is 5.91 Å². The number of carbonyl (C=O) groups is 1. The van der Waals surface area contributed by atoms with Gasteiger partial charge in [-0.2, -0.15) is 5.10 Å². The summed E-state index contributed by atoms with van der Waals surface area (Å²) in [7, 11) is 0. The van der Waals surface area contributed by atoms with Gasteiger partial charge in [0.1, 0.15) is 0 Å². The number of aromatic nitrogens is 4. The zero-order chi connectivity index (χ0) is 18.0. The molecule has 25 heavy (non-hydrogen) atoms. The second-order valence-corrected chi connectivity index (χ2v) is 7.97. The van der Waals surface area contributed by atoms with Crippen molar-refractivity contribution in [2.75, 3.05) is 13.1 Å². The van der Waals surface area contributed by atoms with E-state index in [1.54, 1.807) is 18.6 Å². The highest BCUT2D eigenvalue weighted by Crippen LogP contribution is 2.28. The van der Waals surface area contributed by atoms with Crippen molar-refractivity contribution in [1.29, 1.82) is 0 Å². The van der Waals surface area contributed by atoms with Gasteiger partial charge in [0.15, 0.2) is 0 Å². The molecule has 3 heterocycles. The first-order valence-electron chi connectivity index (χ1n) is 8.96. The average Bonchev–Trinajstić information content (AvgIpc) is 3.00. The summed E-state index contributed by atoms with van der Waals surface area (Å²) in [4.78, 5) is 23.7. The van der Waals surface area contributed by atoms with Crippen LogP contribution in [0, 0.1) is 18.3 Å². The lowest BCUT2D eigenvalue weighted by Crippen LogP contribution is -2.45. The smallest absolute Gasteiger partial charge is 0.227 e. The summed E-state index contributed by atoms with van der Waals surface area (Å²) in [5, 5.41) is 7.07. The monoisotopic (exact) mass is 341 g/mol. The molecule has 1 amide bonds. The van der Waals surface area contributed by atoms with E-state index in [9.17, 15) is 4.79 Å². The molecule has 2 aromatic heterocycles. The summed E-state index contributed by atoms with van der Waals surface area (Å²) in [6.45, 7) is 9.62. The highest BCUT2D eigenvalue weighted by atomic mass is 16.2. The number of hydrogen-bond acceptors (Lipinski definition) is 4. The third-order valence-corrected chi connectivity index (χ3v) is 4.79. The molecule has 1 fully saturated rings. The van der Waals surface area contributed by atoms with Gasteiger partial charge < -0.3 is 4.90 Å². The molecule has 1 aliphatic rings. The van der Waals surface area contributed by atoms with E-state index in [0.717, 1.165) is 55.0 Å². The first-order valence-corrected chi connectivity index (χ1v) is 8.96. The van der Waals surface area contributed by atoms with Gasteiger partial charge in [-0.25, -0.2) is 0 Å². The van der Waals surface area contributed by atoms with Crippen LogP contribution in [0.25, 0.3) is 11.3 Å². The van der Waals surface area contributed by atoms with Crippen molar-refractivity contribution in [3.8, 4) is 11.3 Å². The van der Waals surface area contributed by atoms with Crippen LogP contribution in [0.1, 0.15) is 45.0 Å². The molecule has 0 unspecified atom stereocenters. The molecule has 6 nitrogen and oxygen atoms in total. The number of likely N-dealkylation sites (tertiary alicyclic amines) is 1. The molecular formula is C19H27N5O. The van der Waals surface area contributed by atoms with E-state index in [-0.39, 0.29) is 11.3 Å². The first-order chi connectivity index (χ1) is 11.9. The Morgan fingerprint density at radius 2 is 2.08 bits per heavy atom. The standard InChI is InChI=1S/C19H27N5O/c1-13-15(11-22-23-13)17-16(20-7-8-21-17)10-14-6-5-9-24(12-14)18(25)19(2,3)4/h7-8,11,14H,5-6,9-10,12H2,1-4H3,(H,22,23)/t14-/m0/s1. The minimum atomic E-state index is -0.326. The lowest BCUT2D eigenvalue weighted by molar-refractivity contribution is -0.141. The fourth-order valence-electron chi connectivity index (χ4n) is 3.49. The molecule has 0 saturated carbocycles. The molecular weight excluding hydrogens is 314 g/mol. The summed E-state index contributed by atoms with van der Waals surface area (Å²) in [5.41, 5.74) is 3.56. The molecule has 0 bridgehead atoms. The van der Waals surface area contributed by atoms with Crippen molar-refractivity contribution in [3.63, 3.8) is 0 Å². The topological polar surface area (TPSA) is 74.8 Å². The second kappa shape index (κ2) is 6.94. The predicted octanol–water partition coefficient (Wildman–Crippen LogP) is 3.00. The minimum absolute atomic E-state index is 0.238. The quantitative estimate of drug-likeness (QED) is 0.931. The van der Waals surface area contributed by atoms with Crippen LogP contribution in [0.15, 0.2) is 18.6 Å². The maximum absolute atomic E-state index is 12.6. The highest BCUT2D eigenvalue weighted by molar-refractivity contribution is 5.81. The van der Waals surface area contributed by atoms with Crippen LogP contribution in [0.4, 0.5) is 0 Å². The van der Waals surface area contributed by atoms with Crippen LogP contribution in [0.3, 0.4) is 0 Å². The molecule has 134 valence electrons. The second-order valence-electron chi connectivity index (χ2n) is 7.97. The van der Waals surface area contributed by atoms with Crippen molar-refractivity contribution in [1.82, 2.24) is 25.1 Å². The van der Waals surface area contributed by atoms with Gasteiger partial charge in [-0.15, -0.1) is 0 Å². The molecule has 2 aromatic rings. The predicted molar refractivity (Wildman–Crippen MR) is 96.8 cm³/mol. The Labute approximate surface area is 149 Å². The number of H-pyrrole nitrogens is 1. The minimum Gasteiger partial charge on any atom is -0.342 e. The fraction of sp³-hybridized carbons (Fsp3) is 0.579. The van der Waals surface area contributed by atoms with E-state index in [1.807, 2.05) is 32.6 Å². The molecule has 1 aliphatic heterocycles. The Morgan fingerprint density at radius 3 is 2.76 bits per heavy atom. The van der Waals surface area contributed by atoms with Gasteiger partial charge in [0.05, 0.1) is 17.6 Å². The largest absolute Gasteiger partial charge is 0.342 e. The lowest BCUT2D eigenvalue weighted by Gasteiger charge is -2.36. The number of amides is 1. The van der Waals surface area contributed by atoms with Crippen LogP contribution < -0.4 is 0 Å². The third-order valence-electron chi connectivity index (χ3n) is 4.79. The van der Waals surface area contributed by atoms with Crippen molar-refractivity contribution < 1.29 is 4.79 Å². The Bertz CT molecular complexity index is 746. The lowest BCUT2D eigenvalue weighted by atomic mass is 9.88. The fourth-order valence-corrected chi connectivity index (χ4v) is 3.49. The van der Waals surface area contributed by atoms with Gasteiger partial charge in [-0.05, 0) is 32.1 Å². The van der Waals surface area contributed by atoms with E-state index < -0.39 is 0 Å². The van der Waals surface area contributed by atoms with Crippen LogP contribution in [-0.4, -0.2) is 44.1 Å². The van der Waals surface area contributed by atoms with Gasteiger partial charge in [-0.1, -0.05) is 20.8 Å². The molecule has 3 rings (SSSR count). The first kappa shape index (κ1) is 17.6. The van der Waals surface area contributed by atoms with Crippen LogP contribution in [0.2, 0.25) is 0 Å². The van der Waals surface area contributed by atoms with Crippen LogP contribution >= 0.6 is 0 Å². The summed E-state index contributed by atoms with van der Waals surface area (Å²) in [6.07, 6.45) is 8.28. The molecule has 0 spiro atoms. The Morgan fingerprint density at radius 1 is 1.32 bits per heavy atom. The molecule has 0 radical (unpaired) electrons. The summed E-state index contributed by atoms with van der Waals surface area (Å²) < 4.78 is 0. The van der Waals surface area contributed by atoms with E-state index in [4.69, 9.17) is 0 Å².